The number of hydrogen-bond donors (Lipinski definition) is 1. The van der Waals surface area contributed by atoms with Crippen LogP contribution in [-0.4, -0.2) is 31.5 Å². The first-order valence-electron chi connectivity index (χ1n) is 5.26. The Kier molecular flexibility index (Phi) is 3.07. The Morgan fingerprint density at radius 3 is 2.81 bits per heavy atom. The number of hydrogen-bond acceptors (Lipinski definition) is 5. The van der Waals surface area contributed by atoms with Crippen molar-refractivity contribution in [2.75, 3.05) is 18.1 Å². The van der Waals surface area contributed by atoms with Crippen LogP contribution in [0.4, 0.5) is 0 Å². The van der Waals surface area contributed by atoms with Crippen LogP contribution in [0.2, 0.25) is 0 Å². The van der Waals surface area contributed by atoms with E-state index in [1.54, 1.807) is 11.3 Å². The van der Waals surface area contributed by atoms with Gasteiger partial charge >= 0.3 is 0 Å². The smallest absolute Gasteiger partial charge is 0.150 e. The van der Waals surface area contributed by atoms with Crippen molar-refractivity contribution in [1.29, 1.82) is 0 Å². The Morgan fingerprint density at radius 2 is 2.38 bits per heavy atom. The maximum absolute atomic E-state index is 11.5. The van der Waals surface area contributed by atoms with Gasteiger partial charge in [-0.15, -0.1) is 11.3 Å². The van der Waals surface area contributed by atoms with Crippen LogP contribution in [0, 0.1) is 12.3 Å². The van der Waals surface area contributed by atoms with E-state index in [9.17, 15) is 8.42 Å². The van der Waals surface area contributed by atoms with Crippen molar-refractivity contribution in [3.63, 3.8) is 0 Å². The van der Waals surface area contributed by atoms with Crippen LogP contribution < -0.4 is 5.73 Å². The van der Waals surface area contributed by atoms with Gasteiger partial charge in [-0.1, -0.05) is 0 Å². The molecular formula is C10H16N2O2S2. The summed E-state index contributed by atoms with van der Waals surface area (Å²) >= 11 is 1.60. The molecule has 1 aromatic rings. The fourth-order valence-corrected chi connectivity index (χ4v) is 5.03. The second kappa shape index (κ2) is 4.09. The minimum Gasteiger partial charge on any atom is -0.330 e. The molecule has 0 aliphatic carbocycles. The van der Waals surface area contributed by atoms with E-state index in [1.165, 1.54) is 0 Å². The summed E-state index contributed by atoms with van der Waals surface area (Å²) in [4.78, 5) is 4.38. The Bertz CT molecular complexity index is 481. The fraction of sp³-hybridized carbons (Fsp3) is 0.700. The van der Waals surface area contributed by atoms with E-state index in [2.05, 4.69) is 4.98 Å². The molecule has 1 aromatic heterocycles. The van der Waals surface area contributed by atoms with Gasteiger partial charge < -0.3 is 5.73 Å². The number of aryl methyl sites for hydroxylation is 1. The minimum atomic E-state index is -2.88. The van der Waals surface area contributed by atoms with E-state index in [-0.39, 0.29) is 16.9 Å². The molecule has 2 rings (SSSR count). The highest BCUT2D eigenvalue weighted by Gasteiger charge is 2.41. The zero-order valence-corrected chi connectivity index (χ0v) is 10.9. The Hall–Kier alpha value is -0.460. The summed E-state index contributed by atoms with van der Waals surface area (Å²) in [7, 11) is -2.88. The van der Waals surface area contributed by atoms with E-state index < -0.39 is 9.84 Å². The van der Waals surface area contributed by atoms with E-state index >= 15 is 0 Å². The lowest BCUT2D eigenvalue weighted by molar-refractivity contribution is 0.341. The predicted molar refractivity (Wildman–Crippen MR) is 65.3 cm³/mol. The van der Waals surface area contributed by atoms with Crippen molar-refractivity contribution >= 4 is 21.2 Å². The average Bonchev–Trinajstić information content (AvgIpc) is 2.72. The monoisotopic (exact) mass is 260 g/mol. The molecule has 0 amide bonds. The highest BCUT2D eigenvalue weighted by molar-refractivity contribution is 7.91. The predicted octanol–water partition coefficient (Wildman–Crippen LogP) is 0.758. The van der Waals surface area contributed by atoms with Gasteiger partial charge in [0.25, 0.3) is 0 Å². The Balaban J connectivity index is 2.18. The van der Waals surface area contributed by atoms with Gasteiger partial charge in [-0.3, -0.25) is 0 Å². The maximum atomic E-state index is 11.5. The van der Waals surface area contributed by atoms with Crippen molar-refractivity contribution in [1.82, 2.24) is 4.98 Å². The molecule has 1 aliphatic rings. The number of thiazole rings is 1. The molecule has 90 valence electrons. The van der Waals surface area contributed by atoms with Crippen LogP contribution in [0.15, 0.2) is 5.38 Å². The van der Waals surface area contributed by atoms with Crippen molar-refractivity contribution in [2.24, 2.45) is 11.1 Å². The summed E-state index contributed by atoms with van der Waals surface area (Å²) in [6, 6.07) is 0. The summed E-state index contributed by atoms with van der Waals surface area (Å²) in [5.41, 5.74) is 6.45. The normalized spacial score (nSPS) is 28.4. The molecular weight excluding hydrogens is 244 g/mol. The number of nitrogens with zero attached hydrogens (tertiary/aromatic N) is 1. The van der Waals surface area contributed by atoms with E-state index in [1.807, 2.05) is 12.3 Å². The Morgan fingerprint density at radius 1 is 1.62 bits per heavy atom. The summed E-state index contributed by atoms with van der Waals surface area (Å²) in [5, 5.41) is 3.01. The van der Waals surface area contributed by atoms with Crippen LogP contribution >= 0.6 is 11.3 Å². The second-order valence-electron chi connectivity index (χ2n) is 4.58. The zero-order valence-electron chi connectivity index (χ0n) is 9.27. The first-order chi connectivity index (χ1) is 7.45. The molecule has 1 fully saturated rings. The highest BCUT2D eigenvalue weighted by Crippen LogP contribution is 2.34. The molecule has 1 saturated heterocycles. The van der Waals surface area contributed by atoms with Crippen molar-refractivity contribution in [3.8, 4) is 0 Å². The van der Waals surface area contributed by atoms with Crippen molar-refractivity contribution in [2.45, 2.75) is 19.8 Å². The van der Waals surface area contributed by atoms with Crippen LogP contribution in [0.25, 0.3) is 0 Å². The second-order valence-corrected chi connectivity index (χ2v) is 7.83. The van der Waals surface area contributed by atoms with Gasteiger partial charge in [-0.05, 0) is 26.3 Å². The Labute approximate surface area is 99.8 Å². The van der Waals surface area contributed by atoms with Crippen LogP contribution in [0.3, 0.4) is 0 Å². The molecule has 0 spiro atoms. The highest BCUT2D eigenvalue weighted by atomic mass is 32.2. The van der Waals surface area contributed by atoms with Gasteiger partial charge in [0.05, 0.1) is 22.2 Å². The molecule has 1 unspecified atom stereocenters. The summed E-state index contributed by atoms with van der Waals surface area (Å²) in [5.74, 6) is 0.487. The molecule has 2 heterocycles. The van der Waals surface area contributed by atoms with E-state index in [0.717, 1.165) is 10.7 Å². The fourth-order valence-electron chi connectivity index (χ4n) is 2.23. The largest absolute Gasteiger partial charge is 0.330 e. The average molecular weight is 260 g/mol. The van der Waals surface area contributed by atoms with Gasteiger partial charge in [0.15, 0.2) is 9.84 Å². The number of sulfone groups is 1. The third-order valence-corrected chi connectivity index (χ3v) is 5.83. The van der Waals surface area contributed by atoms with E-state index in [4.69, 9.17) is 5.73 Å². The molecule has 2 N–H and O–H groups in total. The number of nitrogens with two attached hydrogens (primary N) is 1. The van der Waals surface area contributed by atoms with Crippen molar-refractivity contribution < 1.29 is 8.42 Å². The third kappa shape index (κ3) is 2.44. The quantitative estimate of drug-likeness (QED) is 0.870. The van der Waals surface area contributed by atoms with Gasteiger partial charge in [-0.2, -0.15) is 0 Å². The molecule has 6 heteroatoms. The molecule has 4 nitrogen and oxygen atoms in total. The zero-order chi connectivity index (χ0) is 11.8. The lowest BCUT2D eigenvalue weighted by Crippen LogP contribution is -2.34. The van der Waals surface area contributed by atoms with Crippen LogP contribution in [-0.2, 0) is 16.3 Å². The third-order valence-electron chi connectivity index (χ3n) is 3.13. The maximum Gasteiger partial charge on any atom is 0.150 e. The summed E-state index contributed by atoms with van der Waals surface area (Å²) in [6.45, 7) is 2.37. The molecule has 0 aromatic carbocycles. The molecule has 0 radical (unpaired) electrons. The number of aromatic nitrogens is 1. The summed E-state index contributed by atoms with van der Waals surface area (Å²) in [6.07, 6.45) is 1.36. The SMILES string of the molecule is Cc1nc(CC2(CN)CCS(=O)(=O)C2)cs1. The molecule has 0 bridgehead atoms. The topological polar surface area (TPSA) is 73.0 Å². The van der Waals surface area contributed by atoms with Crippen LogP contribution in [0.1, 0.15) is 17.1 Å². The van der Waals surface area contributed by atoms with Crippen LogP contribution in [0.5, 0.6) is 0 Å². The summed E-state index contributed by atoms with van der Waals surface area (Å²) < 4.78 is 23.1. The van der Waals surface area contributed by atoms with Crippen molar-refractivity contribution in [3.05, 3.63) is 16.1 Å². The first kappa shape index (κ1) is 12.0. The molecule has 1 atom stereocenters. The van der Waals surface area contributed by atoms with Gasteiger partial charge in [0.1, 0.15) is 0 Å². The lowest BCUT2D eigenvalue weighted by Gasteiger charge is -2.24. The minimum absolute atomic E-state index is 0.215. The van der Waals surface area contributed by atoms with Gasteiger partial charge in [-0.25, -0.2) is 13.4 Å². The number of rotatable bonds is 3. The molecule has 1 aliphatic heterocycles. The molecule has 16 heavy (non-hydrogen) atoms. The van der Waals surface area contributed by atoms with Gasteiger partial charge in [0, 0.05) is 10.8 Å². The first-order valence-corrected chi connectivity index (χ1v) is 7.96. The molecule has 0 saturated carbocycles. The standard InChI is InChI=1S/C10H16N2O2S2/c1-8-12-9(5-15-8)4-10(6-11)2-3-16(13,14)7-10/h5H,2-4,6-7,11H2,1H3. The van der Waals surface area contributed by atoms with E-state index in [0.29, 0.717) is 19.4 Å². The van der Waals surface area contributed by atoms with Gasteiger partial charge in [0.2, 0.25) is 0 Å². The lowest BCUT2D eigenvalue weighted by atomic mass is 9.83.